The number of aliphatic carboxylic acids is 1. The number of pyridine rings is 1. The van der Waals surface area contributed by atoms with Crippen LogP contribution in [0.15, 0.2) is 48.7 Å². The summed E-state index contributed by atoms with van der Waals surface area (Å²) in [6.07, 6.45) is 9.76. The van der Waals surface area contributed by atoms with Gasteiger partial charge in [0.1, 0.15) is 17.4 Å². The lowest BCUT2D eigenvalue weighted by Gasteiger charge is -2.47. The summed E-state index contributed by atoms with van der Waals surface area (Å²) >= 11 is 6.27. The van der Waals surface area contributed by atoms with Gasteiger partial charge in [0, 0.05) is 34.6 Å². The van der Waals surface area contributed by atoms with Gasteiger partial charge >= 0.3 is 5.97 Å². The molecular weight excluding hydrogens is 628 g/mol. The summed E-state index contributed by atoms with van der Waals surface area (Å²) in [6.45, 7) is 5.58. The number of ether oxygens (including phenoxy) is 3. The fourth-order valence-electron chi connectivity index (χ4n) is 8.99. The van der Waals surface area contributed by atoms with Crippen molar-refractivity contribution in [2.45, 2.75) is 101 Å². The molecule has 256 valence electrons. The van der Waals surface area contributed by atoms with Crippen molar-refractivity contribution in [1.29, 1.82) is 0 Å². The van der Waals surface area contributed by atoms with E-state index in [0.717, 1.165) is 50.0 Å². The number of nitrogens with zero attached hydrogens (tertiary/aromatic N) is 1. The first-order chi connectivity index (χ1) is 23.2. The van der Waals surface area contributed by atoms with E-state index in [4.69, 9.17) is 25.8 Å². The molecule has 0 amide bonds. The van der Waals surface area contributed by atoms with Crippen LogP contribution in [0.3, 0.4) is 0 Å². The van der Waals surface area contributed by atoms with Gasteiger partial charge in [-0.1, -0.05) is 31.5 Å². The van der Waals surface area contributed by atoms with E-state index in [-0.39, 0.29) is 24.0 Å². The Labute approximate surface area is 288 Å². The van der Waals surface area contributed by atoms with Crippen LogP contribution >= 0.6 is 11.6 Å². The molecule has 48 heavy (non-hydrogen) atoms. The molecule has 7 rings (SSSR count). The van der Waals surface area contributed by atoms with Crippen LogP contribution < -0.4 is 19.5 Å². The predicted molar refractivity (Wildman–Crippen MR) is 186 cm³/mol. The average Bonchev–Trinajstić information content (AvgIpc) is 3.20. The average molecular weight is 675 g/mol. The maximum Gasteiger partial charge on any atom is 0.329 e. The Balaban J connectivity index is 1.16. The molecule has 4 atom stereocenters. The van der Waals surface area contributed by atoms with Crippen LogP contribution in [0.1, 0.15) is 93.5 Å². The molecule has 1 saturated carbocycles. The molecule has 4 aliphatic rings. The van der Waals surface area contributed by atoms with Crippen LogP contribution in [0.25, 0.3) is 0 Å². The molecule has 0 saturated heterocycles. The number of carboxylic acid groups (broad SMARTS) is 1. The number of hydrogen-bond donors (Lipinski definition) is 3. The molecule has 1 fully saturated rings. The molecule has 2 aromatic carbocycles. The topological polar surface area (TPSA) is 110 Å². The number of fused-ring (bicyclic) bond motifs is 4. The predicted octanol–water partition coefficient (Wildman–Crippen LogP) is 7.72. The fraction of sp³-hybridized carbons (Fsp3) is 0.538. The van der Waals surface area contributed by atoms with Crippen molar-refractivity contribution in [1.82, 2.24) is 4.98 Å². The summed E-state index contributed by atoms with van der Waals surface area (Å²) in [7, 11) is 0. The SMILES string of the molecule is C[C@@H](COc1ccnc2c1[C@H](C)CCC2)C[C@H]1Cc2cc3c(cc2C12CCC(Nc1cccc(Cl)c1)(C(=O)O)CC2)O[C@@H](CO)CCO3. The molecule has 0 unspecified atom stereocenters. The summed E-state index contributed by atoms with van der Waals surface area (Å²) in [5, 5.41) is 24.5. The third-order valence-corrected chi connectivity index (χ3v) is 11.8. The van der Waals surface area contributed by atoms with E-state index < -0.39 is 11.5 Å². The first kappa shape index (κ1) is 33.0. The fourth-order valence-corrected chi connectivity index (χ4v) is 9.18. The van der Waals surface area contributed by atoms with Crippen LogP contribution in [0.2, 0.25) is 5.02 Å². The highest BCUT2D eigenvalue weighted by molar-refractivity contribution is 6.30. The van der Waals surface area contributed by atoms with Gasteiger partial charge < -0.3 is 29.7 Å². The molecule has 3 aromatic rings. The number of aliphatic hydroxyl groups is 1. The standard InChI is InChI=1S/C39H47ClN2O6/c1-24(23-47-33-9-15-41-32-8-3-5-25(2)36(32)33)17-27-18-26-19-34-35(48-30(22-43)10-16-46-34)21-31(26)38(27)11-13-39(14-12-38,37(44)45)42-29-7-4-6-28(40)20-29/h4,6-7,9,15,19-21,24-25,27,30,42-43H,3,5,8,10-14,16-18,22-23H2,1-2H3,(H,44,45)/t24-,25-,27+,30-,38?,39?/m1/s1. The minimum atomic E-state index is -1.09. The van der Waals surface area contributed by atoms with Gasteiger partial charge in [-0.25, -0.2) is 4.79 Å². The van der Waals surface area contributed by atoms with E-state index >= 15 is 0 Å². The lowest BCUT2D eigenvalue weighted by atomic mass is 9.59. The number of halogens is 1. The molecular formula is C39H47ClN2O6. The summed E-state index contributed by atoms with van der Waals surface area (Å²) in [5.41, 5.74) is 4.33. The number of carbonyl (C=O) groups is 1. The zero-order valence-electron chi connectivity index (χ0n) is 28.0. The van der Waals surface area contributed by atoms with E-state index in [1.807, 2.05) is 24.4 Å². The van der Waals surface area contributed by atoms with Crippen molar-refractivity contribution >= 4 is 23.3 Å². The Morgan fingerprint density at radius 2 is 1.98 bits per heavy atom. The van der Waals surface area contributed by atoms with E-state index in [1.165, 1.54) is 28.8 Å². The largest absolute Gasteiger partial charge is 0.493 e. The normalized spacial score (nSPS) is 28.2. The molecule has 0 radical (unpaired) electrons. The summed E-state index contributed by atoms with van der Waals surface area (Å²) in [6, 6.07) is 13.6. The Bertz CT molecular complexity index is 1650. The van der Waals surface area contributed by atoms with Crippen molar-refractivity contribution in [3.05, 3.63) is 76.1 Å². The van der Waals surface area contributed by atoms with Gasteiger partial charge in [-0.3, -0.25) is 4.98 Å². The van der Waals surface area contributed by atoms with E-state index in [0.29, 0.717) is 60.8 Å². The maximum atomic E-state index is 12.9. The summed E-state index contributed by atoms with van der Waals surface area (Å²) in [5.74, 6) is 2.56. The number of aryl methyl sites for hydroxylation is 1. The first-order valence-corrected chi connectivity index (χ1v) is 18.0. The second kappa shape index (κ2) is 13.4. The second-order valence-corrected chi connectivity index (χ2v) is 15.1. The van der Waals surface area contributed by atoms with Crippen molar-refractivity contribution in [2.75, 3.05) is 25.1 Å². The van der Waals surface area contributed by atoms with Gasteiger partial charge in [-0.15, -0.1) is 0 Å². The number of rotatable bonds is 9. The zero-order chi connectivity index (χ0) is 33.5. The van der Waals surface area contributed by atoms with Crippen LogP contribution in [0.5, 0.6) is 17.2 Å². The minimum Gasteiger partial charge on any atom is -0.493 e. The Kier molecular flexibility index (Phi) is 9.24. The number of aromatic nitrogens is 1. The third-order valence-electron chi connectivity index (χ3n) is 11.5. The quantitative estimate of drug-likeness (QED) is 0.212. The Hall–Kier alpha value is -3.49. The number of benzene rings is 2. The third kappa shape index (κ3) is 6.22. The molecule has 1 aromatic heterocycles. The van der Waals surface area contributed by atoms with Crippen LogP contribution in [-0.4, -0.2) is 52.6 Å². The van der Waals surface area contributed by atoms with E-state index in [2.05, 4.69) is 36.3 Å². The highest BCUT2D eigenvalue weighted by Gasteiger charge is 2.54. The molecule has 0 bridgehead atoms. The molecule has 3 aliphatic carbocycles. The smallest absolute Gasteiger partial charge is 0.329 e. The molecule has 1 aliphatic heterocycles. The highest BCUT2D eigenvalue weighted by Crippen LogP contribution is 2.58. The molecule has 9 heteroatoms. The molecule has 1 spiro atoms. The van der Waals surface area contributed by atoms with Crippen molar-refractivity contribution in [2.24, 2.45) is 11.8 Å². The maximum absolute atomic E-state index is 12.9. The lowest BCUT2D eigenvalue weighted by molar-refractivity contribution is -0.144. The Morgan fingerprint density at radius 3 is 2.75 bits per heavy atom. The highest BCUT2D eigenvalue weighted by atomic mass is 35.5. The van der Waals surface area contributed by atoms with Gasteiger partial charge in [0.2, 0.25) is 0 Å². The van der Waals surface area contributed by atoms with Gasteiger partial charge in [0.25, 0.3) is 0 Å². The monoisotopic (exact) mass is 674 g/mol. The van der Waals surface area contributed by atoms with Crippen molar-refractivity contribution < 1.29 is 29.2 Å². The number of hydrogen-bond acceptors (Lipinski definition) is 7. The second-order valence-electron chi connectivity index (χ2n) is 14.7. The zero-order valence-corrected chi connectivity index (χ0v) is 28.7. The van der Waals surface area contributed by atoms with Gasteiger partial charge in [-0.2, -0.15) is 0 Å². The molecule has 2 heterocycles. The van der Waals surface area contributed by atoms with Crippen LogP contribution in [-0.2, 0) is 23.1 Å². The number of carboxylic acids is 1. The van der Waals surface area contributed by atoms with Gasteiger partial charge in [0.05, 0.1) is 19.8 Å². The summed E-state index contributed by atoms with van der Waals surface area (Å²) < 4.78 is 19.0. The van der Waals surface area contributed by atoms with E-state index in [1.54, 1.807) is 12.1 Å². The van der Waals surface area contributed by atoms with Crippen LogP contribution in [0.4, 0.5) is 5.69 Å². The summed E-state index contributed by atoms with van der Waals surface area (Å²) in [4.78, 5) is 17.6. The molecule has 8 nitrogen and oxygen atoms in total. The van der Waals surface area contributed by atoms with Gasteiger partial charge in [0.15, 0.2) is 11.5 Å². The number of nitrogens with one attached hydrogen (secondary N) is 1. The van der Waals surface area contributed by atoms with Crippen molar-refractivity contribution in [3.63, 3.8) is 0 Å². The number of aliphatic hydroxyl groups excluding tert-OH is 1. The van der Waals surface area contributed by atoms with Crippen molar-refractivity contribution in [3.8, 4) is 17.2 Å². The lowest BCUT2D eigenvalue weighted by Crippen LogP contribution is -2.53. The van der Waals surface area contributed by atoms with E-state index in [9.17, 15) is 15.0 Å². The molecule has 3 N–H and O–H groups in total. The minimum absolute atomic E-state index is 0.0685. The Morgan fingerprint density at radius 1 is 1.15 bits per heavy atom. The van der Waals surface area contributed by atoms with Gasteiger partial charge in [-0.05, 0) is 128 Å². The van der Waals surface area contributed by atoms with Crippen LogP contribution in [0, 0.1) is 11.8 Å². The number of anilines is 1. The first-order valence-electron chi connectivity index (χ1n) is 17.6.